The average Bonchev–Trinajstić information content (AvgIpc) is 2.37. The second-order valence-corrected chi connectivity index (χ2v) is 6.86. The predicted octanol–water partition coefficient (Wildman–Crippen LogP) is 1.31. The van der Waals surface area contributed by atoms with Gasteiger partial charge in [-0.05, 0) is 30.5 Å². The summed E-state index contributed by atoms with van der Waals surface area (Å²) in [5, 5.41) is 7.98. The van der Waals surface area contributed by atoms with Crippen molar-refractivity contribution in [2.45, 2.75) is 18.7 Å². The highest BCUT2D eigenvalue weighted by molar-refractivity contribution is 7.89. The number of ether oxygens (including phenoxy) is 1. The smallest absolute Gasteiger partial charge is 0.251 e. The van der Waals surface area contributed by atoms with Crippen LogP contribution in [0.2, 0.25) is 5.02 Å². The molecule has 0 fully saturated rings. The number of carbonyl (C=O) groups excluding carboxylic acids is 1. The minimum absolute atomic E-state index is 0.135. The van der Waals surface area contributed by atoms with Crippen LogP contribution in [0, 0.1) is 12.8 Å². The molecule has 6 nitrogen and oxygen atoms in total. The third-order valence-electron chi connectivity index (χ3n) is 2.94. The van der Waals surface area contributed by atoms with Crippen molar-refractivity contribution in [3.63, 3.8) is 0 Å². The fourth-order valence-electron chi connectivity index (χ4n) is 1.89. The number of rotatable bonds is 6. The molecule has 0 radical (unpaired) electrons. The number of halogens is 1. The Hall–Kier alpha value is -1.15. The van der Waals surface area contributed by atoms with Gasteiger partial charge in [-0.15, -0.1) is 0 Å². The third kappa shape index (κ3) is 4.96. The van der Waals surface area contributed by atoms with Crippen LogP contribution in [0.15, 0.2) is 17.0 Å². The number of benzene rings is 1. The van der Waals surface area contributed by atoms with Crippen molar-refractivity contribution >= 4 is 27.5 Å². The molecule has 0 aliphatic carbocycles. The summed E-state index contributed by atoms with van der Waals surface area (Å²) in [5.74, 6) is -0.265. The Labute approximate surface area is 129 Å². The SMILES string of the molecule is COCC(C)CNC(=O)c1cc(Cl)cc(S(N)(=O)=O)c1C. The molecule has 1 rings (SSSR count). The zero-order valence-corrected chi connectivity index (χ0v) is 13.7. The van der Waals surface area contributed by atoms with Gasteiger partial charge >= 0.3 is 0 Å². The van der Waals surface area contributed by atoms with Gasteiger partial charge in [0.2, 0.25) is 10.0 Å². The molecule has 0 aliphatic heterocycles. The lowest BCUT2D eigenvalue weighted by Crippen LogP contribution is -2.30. The number of hydrogen-bond acceptors (Lipinski definition) is 4. The number of carbonyl (C=O) groups is 1. The third-order valence-corrected chi connectivity index (χ3v) is 4.19. The monoisotopic (exact) mass is 334 g/mol. The summed E-state index contributed by atoms with van der Waals surface area (Å²) < 4.78 is 28.0. The summed E-state index contributed by atoms with van der Waals surface area (Å²) >= 11 is 5.86. The van der Waals surface area contributed by atoms with Gasteiger partial charge in [-0.25, -0.2) is 13.6 Å². The van der Waals surface area contributed by atoms with Gasteiger partial charge in [-0.3, -0.25) is 4.79 Å². The van der Waals surface area contributed by atoms with Gasteiger partial charge in [-0.2, -0.15) is 0 Å². The van der Waals surface area contributed by atoms with Crippen molar-refractivity contribution in [3.05, 3.63) is 28.3 Å². The van der Waals surface area contributed by atoms with E-state index in [1.54, 1.807) is 7.11 Å². The van der Waals surface area contributed by atoms with Crippen LogP contribution in [-0.4, -0.2) is 34.6 Å². The van der Waals surface area contributed by atoms with E-state index in [2.05, 4.69) is 5.32 Å². The maximum Gasteiger partial charge on any atom is 0.251 e. The lowest BCUT2D eigenvalue weighted by atomic mass is 10.1. The van der Waals surface area contributed by atoms with Gasteiger partial charge in [0.15, 0.2) is 0 Å². The number of sulfonamides is 1. The highest BCUT2D eigenvalue weighted by Crippen LogP contribution is 2.23. The van der Waals surface area contributed by atoms with E-state index in [0.29, 0.717) is 13.2 Å². The van der Waals surface area contributed by atoms with Crippen molar-refractivity contribution in [1.29, 1.82) is 0 Å². The van der Waals surface area contributed by atoms with Crippen molar-refractivity contribution < 1.29 is 17.9 Å². The molecule has 0 spiro atoms. The molecule has 1 aromatic rings. The first-order chi connectivity index (χ1) is 9.66. The van der Waals surface area contributed by atoms with Gasteiger partial charge in [-0.1, -0.05) is 18.5 Å². The van der Waals surface area contributed by atoms with Crippen LogP contribution >= 0.6 is 11.6 Å². The number of hydrogen-bond donors (Lipinski definition) is 2. The summed E-state index contributed by atoms with van der Waals surface area (Å²) in [7, 11) is -2.36. The van der Waals surface area contributed by atoms with E-state index in [1.165, 1.54) is 19.1 Å². The second kappa shape index (κ2) is 7.22. The lowest BCUT2D eigenvalue weighted by molar-refractivity contribution is 0.0933. The summed E-state index contributed by atoms with van der Waals surface area (Å²) in [5.41, 5.74) is 0.468. The molecule has 1 aromatic carbocycles. The molecular formula is C13H19ClN2O4S. The van der Waals surface area contributed by atoms with Gasteiger partial charge < -0.3 is 10.1 Å². The molecule has 1 amide bonds. The fourth-order valence-corrected chi connectivity index (χ4v) is 3.00. The molecule has 1 atom stereocenters. The van der Waals surface area contributed by atoms with Crippen molar-refractivity contribution in [3.8, 4) is 0 Å². The maximum absolute atomic E-state index is 12.2. The topological polar surface area (TPSA) is 98.5 Å². The van der Waals surface area contributed by atoms with Crippen LogP contribution in [-0.2, 0) is 14.8 Å². The molecule has 0 saturated heterocycles. The van der Waals surface area contributed by atoms with E-state index in [1.807, 2.05) is 6.92 Å². The number of primary sulfonamides is 1. The van der Waals surface area contributed by atoms with Crippen LogP contribution in [0.25, 0.3) is 0 Å². The first-order valence-corrected chi connectivity index (χ1v) is 8.19. The number of amides is 1. The Balaban J connectivity index is 3.03. The van der Waals surface area contributed by atoms with E-state index >= 15 is 0 Å². The lowest BCUT2D eigenvalue weighted by Gasteiger charge is -2.14. The van der Waals surface area contributed by atoms with E-state index in [-0.39, 0.29) is 27.0 Å². The fraction of sp³-hybridized carbons (Fsp3) is 0.462. The van der Waals surface area contributed by atoms with E-state index in [9.17, 15) is 13.2 Å². The molecule has 0 saturated carbocycles. The standard InChI is InChI=1S/C13H19ClN2O4S/c1-8(7-20-3)6-16-13(17)11-4-10(14)5-12(9(11)2)21(15,18)19/h4-5,8H,6-7H2,1-3H3,(H,16,17)(H2,15,18,19). The zero-order valence-electron chi connectivity index (χ0n) is 12.1. The maximum atomic E-state index is 12.2. The summed E-state index contributed by atoms with van der Waals surface area (Å²) in [4.78, 5) is 12.0. The Bertz CT molecular complexity index is 631. The molecule has 21 heavy (non-hydrogen) atoms. The van der Waals surface area contributed by atoms with E-state index in [0.717, 1.165) is 0 Å². The quantitative estimate of drug-likeness (QED) is 0.819. The summed E-state index contributed by atoms with van der Waals surface area (Å²) in [6.45, 7) is 4.36. The van der Waals surface area contributed by atoms with E-state index in [4.69, 9.17) is 21.5 Å². The Kier molecular flexibility index (Phi) is 6.15. The minimum Gasteiger partial charge on any atom is -0.384 e. The van der Waals surface area contributed by atoms with Gasteiger partial charge in [0.1, 0.15) is 0 Å². The van der Waals surface area contributed by atoms with Crippen molar-refractivity contribution in [1.82, 2.24) is 5.32 Å². The molecule has 0 aliphatic rings. The first kappa shape index (κ1) is 17.9. The first-order valence-electron chi connectivity index (χ1n) is 6.27. The van der Waals surface area contributed by atoms with E-state index < -0.39 is 15.9 Å². The summed E-state index contributed by atoms with van der Waals surface area (Å²) in [6, 6.07) is 2.65. The normalized spacial score (nSPS) is 13.0. The van der Waals surface area contributed by atoms with Gasteiger partial charge in [0.05, 0.1) is 11.5 Å². The Morgan fingerprint density at radius 3 is 2.62 bits per heavy atom. The number of nitrogens with two attached hydrogens (primary N) is 1. The average molecular weight is 335 g/mol. The zero-order chi connectivity index (χ0) is 16.2. The molecule has 118 valence electrons. The molecule has 3 N–H and O–H groups in total. The Morgan fingerprint density at radius 2 is 2.10 bits per heavy atom. The molecule has 0 bridgehead atoms. The molecule has 1 unspecified atom stereocenters. The van der Waals surface area contributed by atoms with Crippen LogP contribution in [0.3, 0.4) is 0 Å². The largest absolute Gasteiger partial charge is 0.384 e. The number of methoxy groups -OCH3 is 1. The highest BCUT2D eigenvalue weighted by atomic mass is 35.5. The Morgan fingerprint density at radius 1 is 1.48 bits per heavy atom. The molecule has 8 heteroatoms. The van der Waals surface area contributed by atoms with Crippen LogP contribution < -0.4 is 10.5 Å². The highest BCUT2D eigenvalue weighted by Gasteiger charge is 2.19. The van der Waals surface area contributed by atoms with Crippen LogP contribution in [0.1, 0.15) is 22.8 Å². The number of nitrogens with one attached hydrogen (secondary N) is 1. The van der Waals surface area contributed by atoms with Gasteiger partial charge in [0, 0.05) is 24.2 Å². The summed E-state index contributed by atoms with van der Waals surface area (Å²) in [6.07, 6.45) is 0. The van der Waals surface area contributed by atoms with Crippen molar-refractivity contribution in [2.75, 3.05) is 20.3 Å². The predicted molar refractivity (Wildman–Crippen MR) is 80.9 cm³/mol. The van der Waals surface area contributed by atoms with Crippen LogP contribution in [0.5, 0.6) is 0 Å². The molecule has 0 aromatic heterocycles. The minimum atomic E-state index is -3.94. The second-order valence-electron chi connectivity index (χ2n) is 4.89. The van der Waals surface area contributed by atoms with Crippen LogP contribution in [0.4, 0.5) is 0 Å². The molecular weight excluding hydrogens is 316 g/mol. The molecule has 0 heterocycles. The van der Waals surface area contributed by atoms with Crippen molar-refractivity contribution in [2.24, 2.45) is 11.1 Å². The van der Waals surface area contributed by atoms with Gasteiger partial charge in [0.25, 0.3) is 5.91 Å².